The summed E-state index contributed by atoms with van der Waals surface area (Å²) in [6, 6.07) is 9.58. The molecular formula is C20H23N7O. The molecule has 0 spiro atoms. The average Bonchev–Trinajstić information content (AvgIpc) is 2.75. The summed E-state index contributed by atoms with van der Waals surface area (Å²) in [7, 11) is 0. The summed E-state index contributed by atoms with van der Waals surface area (Å²) in [6.45, 7) is 5.33. The van der Waals surface area contributed by atoms with Gasteiger partial charge in [-0.3, -0.25) is 4.79 Å². The SMILES string of the molecule is Cc1nc2ccccc2nc1NCCC(=O)N1CCN(c2ncccn2)CC1. The topological polar surface area (TPSA) is 87.1 Å². The largest absolute Gasteiger partial charge is 0.368 e. The van der Waals surface area contributed by atoms with Crippen molar-refractivity contribution in [3.63, 3.8) is 0 Å². The Morgan fingerprint density at radius 3 is 2.39 bits per heavy atom. The zero-order valence-corrected chi connectivity index (χ0v) is 15.9. The van der Waals surface area contributed by atoms with Gasteiger partial charge >= 0.3 is 0 Å². The first-order valence-electron chi connectivity index (χ1n) is 9.48. The Hall–Kier alpha value is -3.29. The summed E-state index contributed by atoms with van der Waals surface area (Å²) in [5.74, 6) is 1.60. The minimum absolute atomic E-state index is 0.146. The van der Waals surface area contributed by atoms with E-state index in [1.165, 1.54) is 0 Å². The number of carbonyl (C=O) groups excluding carboxylic acids is 1. The predicted octanol–water partition coefficient (Wildman–Crippen LogP) is 1.88. The highest BCUT2D eigenvalue weighted by molar-refractivity contribution is 5.78. The lowest BCUT2D eigenvalue weighted by Gasteiger charge is -2.34. The van der Waals surface area contributed by atoms with Gasteiger partial charge in [0, 0.05) is 51.5 Å². The Labute approximate surface area is 163 Å². The van der Waals surface area contributed by atoms with Gasteiger partial charge < -0.3 is 15.1 Å². The molecule has 0 aliphatic carbocycles. The van der Waals surface area contributed by atoms with E-state index in [-0.39, 0.29) is 5.91 Å². The molecule has 1 aliphatic rings. The number of piperazine rings is 1. The van der Waals surface area contributed by atoms with Gasteiger partial charge in [-0.25, -0.2) is 19.9 Å². The van der Waals surface area contributed by atoms with Gasteiger partial charge in [0.2, 0.25) is 11.9 Å². The lowest BCUT2D eigenvalue weighted by Crippen LogP contribution is -2.49. The van der Waals surface area contributed by atoms with Crippen molar-refractivity contribution in [2.45, 2.75) is 13.3 Å². The van der Waals surface area contributed by atoms with Gasteiger partial charge in [0.15, 0.2) is 0 Å². The molecule has 4 rings (SSSR count). The van der Waals surface area contributed by atoms with E-state index in [4.69, 9.17) is 0 Å². The first-order valence-corrected chi connectivity index (χ1v) is 9.48. The fourth-order valence-electron chi connectivity index (χ4n) is 3.31. The number of anilines is 2. The standard InChI is InChI=1S/C20H23N7O/c1-15-19(25-17-6-3-2-5-16(17)24-15)21-10-7-18(28)26-11-13-27(14-12-26)20-22-8-4-9-23-20/h2-6,8-9H,7,10-14H2,1H3,(H,21,25). The molecule has 0 bridgehead atoms. The third kappa shape index (κ3) is 4.00. The van der Waals surface area contributed by atoms with Crippen LogP contribution in [0.15, 0.2) is 42.7 Å². The molecule has 3 heterocycles. The van der Waals surface area contributed by atoms with Crippen molar-refractivity contribution < 1.29 is 4.79 Å². The summed E-state index contributed by atoms with van der Waals surface area (Å²) in [5, 5.41) is 3.26. The molecule has 1 saturated heterocycles. The Morgan fingerprint density at radius 1 is 1.00 bits per heavy atom. The van der Waals surface area contributed by atoms with E-state index < -0.39 is 0 Å². The minimum atomic E-state index is 0.146. The van der Waals surface area contributed by atoms with Crippen LogP contribution in [-0.2, 0) is 4.79 Å². The number of aryl methyl sites for hydroxylation is 1. The molecule has 1 fully saturated rings. The second-order valence-electron chi connectivity index (χ2n) is 6.74. The van der Waals surface area contributed by atoms with Crippen LogP contribution in [0.4, 0.5) is 11.8 Å². The van der Waals surface area contributed by atoms with Crippen molar-refractivity contribution in [1.29, 1.82) is 0 Å². The second-order valence-corrected chi connectivity index (χ2v) is 6.74. The van der Waals surface area contributed by atoms with Crippen molar-refractivity contribution in [2.75, 3.05) is 42.9 Å². The van der Waals surface area contributed by atoms with Crippen LogP contribution < -0.4 is 10.2 Å². The van der Waals surface area contributed by atoms with Crippen LogP contribution in [0, 0.1) is 6.92 Å². The Kier molecular flexibility index (Phi) is 5.27. The van der Waals surface area contributed by atoms with Gasteiger partial charge in [0.1, 0.15) is 5.82 Å². The molecule has 144 valence electrons. The number of rotatable bonds is 5. The van der Waals surface area contributed by atoms with Crippen LogP contribution in [0.3, 0.4) is 0 Å². The summed E-state index contributed by atoms with van der Waals surface area (Å²) in [4.78, 5) is 34.3. The van der Waals surface area contributed by atoms with E-state index >= 15 is 0 Å². The van der Waals surface area contributed by atoms with Crippen LogP contribution in [0.2, 0.25) is 0 Å². The highest BCUT2D eigenvalue weighted by Gasteiger charge is 2.22. The molecule has 1 aromatic carbocycles. The zero-order valence-electron chi connectivity index (χ0n) is 15.9. The van der Waals surface area contributed by atoms with Crippen molar-refractivity contribution >= 4 is 28.7 Å². The third-order valence-electron chi connectivity index (χ3n) is 4.84. The maximum absolute atomic E-state index is 12.5. The number of nitrogens with one attached hydrogen (secondary N) is 1. The van der Waals surface area contributed by atoms with Crippen LogP contribution in [-0.4, -0.2) is 63.5 Å². The number of hydrogen-bond acceptors (Lipinski definition) is 7. The van der Waals surface area contributed by atoms with E-state index in [0.717, 1.165) is 41.6 Å². The zero-order chi connectivity index (χ0) is 19.3. The van der Waals surface area contributed by atoms with Crippen molar-refractivity contribution in [3.05, 3.63) is 48.4 Å². The number of hydrogen-bond donors (Lipinski definition) is 1. The first-order chi connectivity index (χ1) is 13.7. The molecule has 8 heteroatoms. The normalized spacial score (nSPS) is 14.3. The van der Waals surface area contributed by atoms with E-state index in [0.29, 0.717) is 26.1 Å². The summed E-state index contributed by atoms with van der Waals surface area (Å²) in [5.41, 5.74) is 2.56. The van der Waals surface area contributed by atoms with Gasteiger partial charge in [0.05, 0.1) is 16.7 Å². The first kappa shape index (κ1) is 18.1. The monoisotopic (exact) mass is 377 g/mol. The summed E-state index contributed by atoms with van der Waals surface area (Å²) >= 11 is 0. The number of para-hydroxylation sites is 2. The van der Waals surface area contributed by atoms with Crippen LogP contribution >= 0.6 is 0 Å². The summed E-state index contributed by atoms with van der Waals surface area (Å²) in [6.07, 6.45) is 3.90. The lowest BCUT2D eigenvalue weighted by molar-refractivity contribution is -0.131. The van der Waals surface area contributed by atoms with Crippen molar-refractivity contribution in [1.82, 2.24) is 24.8 Å². The molecule has 1 aliphatic heterocycles. The van der Waals surface area contributed by atoms with Gasteiger partial charge in [0.25, 0.3) is 0 Å². The quantitative estimate of drug-likeness (QED) is 0.726. The fourth-order valence-corrected chi connectivity index (χ4v) is 3.31. The van der Waals surface area contributed by atoms with Crippen LogP contribution in [0.25, 0.3) is 11.0 Å². The Balaban J connectivity index is 1.28. The molecule has 1 amide bonds. The molecule has 0 unspecified atom stereocenters. The van der Waals surface area contributed by atoms with Crippen molar-refractivity contribution in [2.24, 2.45) is 0 Å². The maximum Gasteiger partial charge on any atom is 0.225 e. The molecule has 1 N–H and O–H groups in total. The lowest BCUT2D eigenvalue weighted by atomic mass is 10.2. The molecular weight excluding hydrogens is 354 g/mol. The van der Waals surface area contributed by atoms with E-state index in [1.807, 2.05) is 36.1 Å². The summed E-state index contributed by atoms with van der Waals surface area (Å²) < 4.78 is 0. The second kappa shape index (κ2) is 8.16. The number of nitrogens with zero attached hydrogens (tertiary/aromatic N) is 6. The highest BCUT2D eigenvalue weighted by Crippen LogP contribution is 2.16. The highest BCUT2D eigenvalue weighted by atomic mass is 16.2. The van der Waals surface area contributed by atoms with Gasteiger partial charge in [-0.05, 0) is 25.1 Å². The minimum Gasteiger partial charge on any atom is -0.368 e. The van der Waals surface area contributed by atoms with Crippen LogP contribution in [0.1, 0.15) is 12.1 Å². The fraction of sp³-hybridized carbons (Fsp3) is 0.350. The predicted molar refractivity (Wildman–Crippen MR) is 108 cm³/mol. The van der Waals surface area contributed by atoms with E-state index in [2.05, 4.69) is 30.2 Å². The molecule has 8 nitrogen and oxygen atoms in total. The number of amides is 1. The van der Waals surface area contributed by atoms with Crippen molar-refractivity contribution in [3.8, 4) is 0 Å². The van der Waals surface area contributed by atoms with Gasteiger partial charge in [-0.2, -0.15) is 0 Å². The third-order valence-corrected chi connectivity index (χ3v) is 4.84. The molecule has 0 saturated carbocycles. The molecule has 2 aromatic heterocycles. The number of fused-ring (bicyclic) bond motifs is 1. The Morgan fingerprint density at radius 2 is 1.68 bits per heavy atom. The number of aromatic nitrogens is 4. The number of carbonyl (C=O) groups is 1. The van der Waals surface area contributed by atoms with Crippen LogP contribution in [0.5, 0.6) is 0 Å². The smallest absolute Gasteiger partial charge is 0.225 e. The number of benzene rings is 1. The van der Waals surface area contributed by atoms with Gasteiger partial charge in [-0.15, -0.1) is 0 Å². The molecule has 0 atom stereocenters. The maximum atomic E-state index is 12.5. The molecule has 0 radical (unpaired) electrons. The molecule has 28 heavy (non-hydrogen) atoms. The Bertz CT molecular complexity index is 955. The van der Waals surface area contributed by atoms with E-state index in [1.54, 1.807) is 18.5 Å². The average molecular weight is 377 g/mol. The van der Waals surface area contributed by atoms with E-state index in [9.17, 15) is 4.79 Å². The van der Waals surface area contributed by atoms with Gasteiger partial charge in [-0.1, -0.05) is 12.1 Å². The molecule has 3 aromatic rings.